The van der Waals surface area contributed by atoms with Crippen LogP contribution in [0.5, 0.6) is 0 Å². The molecule has 0 unspecified atom stereocenters. The maximum absolute atomic E-state index is 11.5. The predicted molar refractivity (Wildman–Crippen MR) is 72.9 cm³/mol. The van der Waals surface area contributed by atoms with Crippen molar-refractivity contribution in [2.75, 3.05) is 11.1 Å². The first kappa shape index (κ1) is 13.4. The molecule has 8 heteroatoms. The van der Waals surface area contributed by atoms with Gasteiger partial charge in [-0.3, -0.25) is 0 Å². The third-order valence-electron chi connectivity index (χ3n) is 2.69. The van der Waals surface area contributed by atoms with Gasteiger partial charge in [0.25, 0.3) is 0 Å². The molecule has 0 bridgehead atoms. The van der Waals surface area contributed by atoms with Crippen molar-refractivity contribution in [3.63, 3.8) is 0 Å². The summed E-state index contributed by atoms with van der Waals surface area (Å²) in [5.74, 6) is 0.735. The fourth-order valence-corrected chi connectivity index (χ4v) is 2.60. The number of hydrogen-bond donors (Lipinski definition) is 4. The third kappa shape index (κ3) is 3.04. The molecule has 1 aromatic heterocycles. The minimum Gasteiger partial charge on any atom is -0.399 e. The highest BCUT2D eigenvalue weighted by atomic mass is 32.2. The Morgan fingerprint density at radius 1 is 1.42 bits per heavy atom. The van der Waals surface area contributed by atoms with E-state index in [2.05, 4.69) is 15.3 Å². The number of nitrogen functional groups attached to an aromatic ring is 1. The van der Waals surface area contributed by atoms with Crippen LogP contribution in [-0.2, 0) is 16.6 Å². The number of rotatable bonds is 4. The zero-order chi connectivity index (χ0) is 14.0. The van der Waals surface area contributed by atoms with Crippen LogP contribution >= 0.6 is 0 Å². The topological polar surface area (TPSA) is 127 Å². The smallest absolute Gasteiger partial charge is 0.238 e. The van der Waals surface area contributed by atoms with Crippen molar-refractivity contribution in [2.45, 2.75) is 18.4 Å². The zero-order valence-corrected chi connectivity index (χ0v) is 11.2. The Morgan fingerprint density at radius 2 is 2.16 bits per heavy atom. The van der Waals surface area contributed by atoms with Crippen LogP contribution in [0, 0.1) is 6.92 Å². The molecule has 0 radical (unpaired) electrons. The van der Waals surface area contributed by atoms with Gasteiger partial charge in [-0.1, -0.05) is 0 Å². The number of primary sulfonamides is 1. The van der Waals surface area contributed by atoms with Gasteiger partial charge in [-0.25, -0.2) is 18.5 Å². The number of H-pyrrole nitrogens is 1. The fourth-order valence-electron chi connectivity index (χ4n) is 1.76. The molecule has 2 aromatic rings. The molecule has 0 saturated heterocycles. The molecule has 0 fully saturated rings. The molecule has 0 saturated carbocycles. The van der Waals surface area contributed by atoms with Gasteiger partial charge in [0.1, 0.15) is 5.82 Å². The standard InChI is InChI=1S/C11H15N5O2S/c1-7-9(16-6-11-14-2-3-15-11)4-8(12)5-10(7)19(13,17)18/h2-5,16H,6,12H2,1H3,(H,14,15)(H2,13,17,18). The average Bonchev–Trinajstić information content (AvgIpc) is 2.81. The number of hydrogen-bond acceptors (Lipinski definition) is 5. The molecular formula is C11H15N5O2S. The first-order valence-electron chi connectivity index (χ1n) is 5.53. The van der Waals surface area contributed by atoms with Crippen LogP contribution < -0.4 is 16.2 Å². The molecular weight excluding hydrogens is 266 g/mol. The third-order valence-corrected chi connectivity index (χ3v) is 3.73. The van der Waals surface area contributed by atoms with Crippen molar-refractivity contribution in [3.8, 4) is 0 Å². The van der Waals surface area contributed by atoms with Crippen molar-refractivity contribution in [1.29, 1.82) is 0 Å². The van der Waals surface area contributed by atoms with Gasteiger partial charge in [-0.05, 0) is 24.6 Å². The molecule has 1 aromatic carbocycles. The Balaban J connectivity index is 2.33. The molecule has 0 atom stereocenters. The normalized spacial score (nSPS) is 11.5. The molecule has 2 rings (SSSR count). The van der Waals surface area contributed by atoms with Crippen LogP contribution in [0.1, 0.15) is 11.4 Å². The van der Waals surface area contributed by atoms with Crippen LogP contribution in [0.25, 0.3) is 0 Å². The summed E-state index contributed by atoms with van der Waals surface area (Å²) in [5, 5.41) is 8.23. The van der Waals surface area contributed by atoms with Crippen LogP contribution in [-0.4, -0.2) is 18.4 Å². The largest absolute Gasteiger partial charge is 0.399 e. The summed E-state index contributed by atoms with van der Waals surface area (Å²) in [6, 6.07) is 3.01. The van der Waals surface area contributed by atoms with Gasteiger partial charge in [-0.15, -0.1) is 0 Å². The number of imidazole rings is 1. The first-order valence-corrected chi connectivity index (χ1v) is 7.07. The van der Waals surface area contributed by atoms with Crippen molar-refractivity contribution in [3.05, 3.63) is 35.9 Å². The summed E-state index contributed by atoms with van der Waals surface area (Å²) in [5.41, 5.74) is 7.16. The van der Waals surface area contributed by atoms with E-state index >= 15 is 0 Å². The second kappa shape index (κ2) is 4.90. The van der Waals surface area contributed by atoms with Gasteiger partial charge < -0.3 is 16.0 Å². The Bertz CT molecular complexity index is 679. The zero-order valence-electron chi connectivity index (χ0n) is 10.3. The molecule has 0 amide bonds. The summed E-state index contributed by atoms with van der Waals surface area (Å²) in [6.45, 7) is 2.10. The van der Waals surface area contributed by atoms with E-state index < -0.39 is 10.0 Å². The molecule has 6 N–H and O–H groups in total. The summed E-state index contributed by atoms with van der Waals surface area (Å²) in [6.07, 6.45) is 3.35. The van der Waals surface area contributed by atoms with Crippen LogP contribution in [0.3, 0.4) is 0 Å². The van der Waals surface area contributed by atoms with Gasteiger partial charge >= 0.3 is 0 Å². The molecule has 1 heterocycles. The Hall–Kier alpha value is -2.06. The highest BCUT2D eigenvalue weighted by molar-refractivity contribution is 7.89. The second-order valence-electron chi connectivity index (χ2n) is 4.13. The van der Waals surface area contributed by atoms with Crippen molar-refractivity contribution >= 4 is 21.4 Å². The van der Waals surface area contributed by atoms with Crippen LogP contribution in [0.15, 0.2) is 29.4 Å². The maximum atomic E-state index is 11.5. The molecule has 0 spiro atoms. The quantitative estimate of drug-likeness (QED) is 0.609. The lowest BCUT2D eigenvalue weighted by molar-refractivity contribution is 0.597. The van der Waals surface area contributed by atoms with Crippen molar-refractivity contribution < 1.29 is 8.42 Å². The molecule has 0 aliphatic heterocycles. The maximum Gasteiger partial charge on any atom is 0.238 e. The van der Waals surface area contributed by atoms with E-state index in [-0.39, 0.29) is 4.90 Å². The van der Waals surface area contributed by atoms with E-state index in [1.54, 1.807) is 25.4 Å². The summed E-state index contributed by atoms with van der Waals surface area (Å²) in [4.78, 5) is 7.02. The molecule has 0 aliphatic rings. The van der Waals surface area contributed by atoms with Crippen molar-refractivity contribution in [2.24, 2.45) is 5.14 Å². The van der Waals surface area contributed by atoms with Gasteiger partial charge in [0, 0.05) is 23.8 Å². The number of aromatic nitrogens is 2. The second-order valence-corrected chi connectivity index (χ2v) is 5.66. The number of aromatic amines is 1. The summed E-state index contributed by atoms with van der Waals surface area (Å²) in [7, 11) is -3.79. The van der Waals surface area contributed by atoms with E-state index in [1.165, 1.54) is 6.07 Å². The van der Waals surface area contributed by atoms with E-state index in [4.69, 9.17) is 10.9 Å². The lowest BCUT2D eigenvalue weighted by atomic mass is 10.2. The molecule has 19 heavy (non-hydrogen) atoms. The Labute approximate surface area is 111 Å². The Morgan fingerprint density at radius 3 is 2.74 bits per heavy atom. The minimum atomic E-state index is -3.79. The molecule has 0 aliphatic carbocycles. The number of nitrogens with one attached hydrogen (secondary N) is 2. The number of anilines is 2. The first-order chi connectivity index (χ1) is 8.88. The van der Waals surface area contributed by atoms with Crippen molar-refractivity contribution in [1.82, 2.24) is 9.97 Å². The van der Waals surface area contributed by atoms with Crippen LogP contribution in [0.2, 0.25) is 0 Å². The highest BCUT2D eigenvalue weighted by Gasteiger charge is 2.15. The SMILES string of the molecule is Cc1c(NCc2ncc[nH]2)cc(N)cc1S(N)(=O)=O. The van der Waals surface area contributed by atoms with E-state index in [1.807, 2.05) is 0 Å². The number of nitrogens with zero attached hydrogens (tertiary/aromatic N) is 1. The molecule has 7 nitrogen and oxygen atoms in total. The predicted octanol–water partition coefficient (Wildman–Crippen LogP) is 0.560. The van der Waals surface area contributed by atoms with Crippen LogP contribution in [0.4, 0.5) is 11.4 Å². The lowest BCUT2D eigenvalue weighted by Gasteiger charge is -2.13. The summed E-state index contributed by atoms with van der Waals surface area (Å²) < 4.78 is 22.9. The van der Waals surface area contributed by atoms with Gasteiger partial charge in [0.15, 0.2) is 0 Å². The number of benzene rings is 1. The molecule has 102 valence electrons. The Kier molecular flexibility index (Phi) is 3.45. The highest BCUT2D eigenvalue weighted by Crippen LogP contribution is 2.26. The van der Waals surface area contributed by atoms with Gasteiger partial charge in [0.2, 0.25) is 10.0 Å². The average molecular weight is 281 g/mol. The van der Waals surface area contributed by atoms with E-state index in [9.17, 15) is 8.42 Å². The minimum absolute atomic E-state index is 0.0226. The van der Waals surface area contributed by atoms with Gasteiger partial charge in [-0.2, -0.15) is 0 Å². The van der Waals surface area contributed by atoms with E-state index in [0.29, 0.717) is 23.5 Å². The fraction of sp³-hybridized carbons (Fsp3) is 0.182. The monoisotopic (exact) mass is 281 g/mol. The number of nitrogens with two attached hydrogens (primary N) is 2. The lowest BCUT2D eigenvalue weighted by Crippen LogP contribution is -2.15. The van der Waals surface area contributed by atoms with Gasteiger partial charge in [0.05, 0.1) is 11.4 Å². The van der Waals surface area contributed by atoms with E-state index in [0.717, 1.165) is 5.82 Å². The number of sulfonamides is 1. The summed E-state index contributed by atoms with van der Waals surface area (Å²) >= 11 is 0.